The highest BCUT2D eigenvalue weighted by atomic mass is 16.3. The highest BCUT2D eigenvalue weighted by molar-refractivity contribution is 5.82. The van der Waals surface area contributed by atoms with Crippen molar-refractivity contribution in [3.8, 4) is 0 Å². The van der Waals surface area contributed by atoms with E-state index in [1.807, 2.05) is 35.2 Å². The van der Waals surface area contributed by atoms with Crippen molar-refractivity contribution in [3.63, 3.8) is 0 Å². The first kappa shape index (κ1) is 18.8. The second-order valence-corrected chi connectivity index (χ2v) is 8.06. The van der Waals surface area contributed by atoms with Gasteiger partial charge in [0, 0.05) is 24.9 Å². The van der Waals surface area contributed by atoms with E-state index in [1.54, 1.807) is 6.26 Å². The highest BCUT2D eigenvalue weighted by Crippen LogP contribution is 2.34. The fraction of sp³-hybridized carbons (Fsp3) is 0.478. The largest absolute Gasteiger partial charge is 0.467 e. The number of likely N-dealkylation sites (tertiary alicyclic amines) is 1. The van der Waals surface area contributed by atoms with E-state index in [4.69, 9.17) is 4.42 Å². The number of nitrogens with zero attached hydrogens (tertiary/aromatic N) is 1. The Bertz CT molecular complexity index is 781. The molecule has 2 aromatic rings. The van der Waals surface area contributed by atoms with Crippen molar-refractivity contribution >= 4 is 11.8 Å². The van der Waals surface area contributed by atoms with Crippen LogP contribution in [0, 0.1) is 11.8 Å². The summed E-state index contributed by atoms with van der Waals surface area (Å²) in [6, 6.07) is 13.9. The van der Waals surface area contributed by atoms with Crippen LogP contribution in [0.25, 0.3) is 0 Å². The number of carbonyl (C=O) groups is 2. The summed E-state index contributed by atoms with van der Waals surface area (Å²) in [7, 11) is 0. The van der Waals surface area contributed by atoms with Gasteiger partial charge in [-0.05, 0) is 37.0 Å². The SMILES string of the molecule is O=C(NCc1ccco1)[C@@H]1C[C@@H](c2ccccc2)CN(C(=O)C2CCCC2)C1. The maximum atomic E-state index is 13.1. The normalized spacial score (nSPS) is 22.9. The summed E-state index contributed by atoms with van der Waals surface area (Å²) < 4.78 is 5.31. The lowest BCUT2D eigenvalue weighted by Crippen LogP contribution is -2.49. The van der Waals surface area contributed by atoms with Crippen molar-refractivity contribution in [1.82, 2.24) is 10.2 Å². The van der Waals surface area contributed by atoms with E-state index in [0.717, 1.165) is 37.9 Å². The molecule has 0 bridgehead atoms. The predicted molar refractivity (Wildman–Crippen MR) is 106 cm³/mol. The first-order chi connectivity index (χ1) is 13.7. The Morgan fingerprint density at radius 1 is 1.00 bits per heavy atom. The first-order valence-corrected chi connectivity index (χ1v) is 10.3. The van der Waals surface area contributed by atoms with Gasteiger partial charge in [0.1, 0.15) is 5.76 Å². The highest BCUT2D eigenvalue weighted by Gasteiger charge is 2.37. The third-order valence-electron chi connectivity index (χ3n) is 6.13. The molecular formula is C23H28N2O3. The van der Waals surface area contributed by atoms with Crippen LogP contribution in [0.2, 0.25) is 0 Å². The first-order valence-electron chi connectivity index (χ1n) is 10.3. The van der Waals surface area contributed by atoms with Crippen LogP contribution in [0.15, 0.2) is 53.1 Å². The van der Waals surface area contributed by atoms with Gasteiger partial charge in [-0.25, -0.2) is 0 Å². The molecule has 148 valence electrons. The molecule has 1 aliphatic carbocycles. The van der Waals surface area contributed by atoms with Gasteiger partial charge in [0.25, 0.3) is 0 Å². The molecule has 1 aromatic heterocycles. The van der Waals surface area contributed by atoms with Crippen LogP contribution < -0.4 is 5.32 Å². The third kappa shape index (κ3) is 4.29. The van der Waals surface area contributed by atoms with Gasteiger partial charge in [-0.3, -0.25) is 9.59 Å². The van der Waals surface area contributed by atoms with Crippen LogP contribution >= 0.6 is 0 Å². The number of hydrogen-bond acceptors (Lipinski definition) is 3. The molecule has 5 nitrogen and oxygen atoms in total. The minimum absolute atomic E-state index is 0.00116. The molecule has 1 aliphatic heterocycles. The number of furan rings is 1. The molecule has 1 aromatic carbocycles. The molecule has 4 rings (SSSR count). The van der Waals surface area contributed by atoms with Crippen LogP contribution in [-0.2, 0) is 16.1 Å². The fourth-order valence-corrected chi connectivity index (χ4v) is 4.60. The van der Waals surface area contributed by atoms with Crippen molar-refractivity contribution in [1.29, 1.82) is 0 Å². The van der Waals surface area contributed by atoms with Gasteiger partial charge in [-0.1, -0.05) is 43.2 Å². The Morgan fingerprint density at radius 2 is 1.79 bits per heavy atom. The number of hydrogen-bond donors (Lipinski definition) is 1. The van der Waals surface area contributed by atoms with Crippen molar-refractivity contribution in [2.45, 2.75) is 44.6 Å². The second-order valence-electron chi connectivity index (χ2n) is 8.06. The van der Waals surface area contributed by atoms with E-state index in [1.165, 1.54) is 5.56 Å². The Hall–Kier alpha value is -2.56. The number of rotatable bonds is 5. The average molecular weight is 380 g/mol. The molecule has 0 radical (unpaired) electrons. The number of carbonyl (C=O) groups excluding carboxylic acids is 2. The van der Waals surface area contributed by atoms with Crippen LogP contribution in [0.3, 0.4) is 0 Å². The lowest BCUT2D eigenvalue weighted by molar-refractivity contribution is -0.139. The molecule has 2 atom stereocenters. The Balaban J connectivity index is 1.47. The van der Waals surface area contributed by atoms with Crippen molar-refractivity contribution < 1.29 is 14.0 Å². The lowest BCUT2D eigenvalue weighted by atomic mass is 9.83. The van der Waals surface area contributed by atoms with E-state index in [9.17, 15) is 9.59 Å². The molecule has 2 heterocycles. The maximum Gasteiger partial charge on any atom is 0.225 e. The van der Waals surface area contributed by atoms with Gasteiger partial charge in [-0.2, -0.15) is 0 Å². The molecule has 1 saturated carbocycles. The molecule has 1 saturated heterocycles. The van der Waals surface area contributed by atoms with Crippen molar-refractivity contribution in [2.75, 3.05) is 13.1 Å². The smallest absolute Gasteiger partial charge is 0.225 e. The van der Waals surface area contributed by atoms with Gasteiger partial charge in [0.05, 0.1) is 18.7 Å². The molecular weight excluding hydrogens is 352 g/mol. The van der Waals surface area contributed by atoms with Crippen molar-refractivity contribution in [2.24, 2.45) is 11.8 Å². The lowest BCUT2D eigenvalue weighted by Gasteiger charge is -2.38. The summed E-state index contributed by atoms with van der Waals surface area (Å²) in [6.07, 6.45) is 6.62. The zero-order valence-corrected chi connectivity index (χ0v) is 16.2. The zero-order chi connectivity index (χ0) is 19.3. The van der Waals surface area contributed by atoms with Crippen LogP contribution in [0.5, 0.6) is 0 Å². The number of benzene rings is 1. The standard InChI is InChI=1S/C23H28N2O3/c26-22(24-14-21-11-6-12-28-21)20-13-19(17-7-2-1-3-8-17)15-25(16-20)23(27)18-9-4-5-10-18/h1-3,6-8,11-12,18-20H,4-5,9-10,13-16H2,(H,24,26)/t19-,20-/m1/s1. The summed E-state index contributed by atoms with van der Waals surface area (Å²) in [6.45, 7) is 1.61. The second kappa shape index (κ2) is 8.63. The number of nitrogens with one attached hydrogen (secondary N) is 1. The van der Waals surface area contributed by atoms with Gasteiger partial charge in [-0.15, -0.1) is 0 Å². The summed E-state index contributed by atoms with van der Waals surface area (Å²) in [5, 5.41) is 2.99. The minimum Gasteiger partial charge on any atom is -0.467 e. The van der Waals surface area contributed by atoms with E-state index in [-0.39, 0.29) is 29.6 Å². The van der Waals surface area contributed by atoms with E-state index in [0.29, 0.717) is 19.6 Å². The van der Waals surface area contributed by atoms with Crippen LogP contribution in [0.4, 0.5) is 0 Å². The van der Waals surface area contributed by atoms with E-state index in [2.05, 4.69) is 17.4 Å². The maximum absolute atomic E-state index is 13.1. The summed E-state index contributed by atoms with van der Waals surface area (Å²) in [5.74, 6) is 1.12. The molecule has 0 unspecified atom stereocenters. The summed E-state index contributed by atoms with van der Waals surface area (Å²) in [5.41, 5.74) is 1.20. The van der Waals surface area contributed by atoms with Crippen LogP contribution in [-0.4, -0.2) is 29.8 Å². The Kier molecular flexibility index (Phi) is 5.79. The number of piperidine rings is 1. The number of amides is 2. The van der Waals surface area contributed by atoms with E-state index >= 15 is 0 Å². The minimum atomic E-state index is -0.195. The molecule has 0 spiro atoms. The van der Waals surface area contributed by atoms with Gasteiger partial charge < -0.3 is 14.6 Å². The zero-order valence-electron chi connectivity index (χ0n) is 16.2. The fourth-order valence-electron chi connectivity index (χ4n) is 4.60. The third-order valence-corrected chi connectivity index (χ3v) is 6.13. The molecule has 28 heavy (non-hydrogen) atoms. The summed E-state index contributed by atoms with van der Waals surface area (Å²) in [4.78, 5) is 27.9. The average Bonchev–Trinajstić information content (AvgIpc) is 3.46. The molecule has 2 aliphatic rings. The monoisotopic (exact) mass is 380 g/mol. The Labute approximate surface area is 166 Å². The predicted octanol–water partition coefficient (Wildman–Crippen LogP) is 3.72. The summed E-state index contributed by atoms with van der Waals surface area (Å²) >= 11 is 0. The molecule has 2 amide bonds. The topological polar surface area (TPSA) is 62.6 Å². The molecule has 1 N–H and O–H groups in total. The van der Waals surface area contributed by atoms with Crippen molar-refractivity contribution in [3.05, 3.63) is 60.1 Å². The molecule has 5 heteroatoms. The van der Waals surface area contributed by atoms with Gasteiger partial charge in [0.15, 0.2) is 0 Å². The Morgan fingerprint density at radius 3 is 2.50 bits per heavy atom. The quantitative estimate of drug-likeness (QED) is 0.860. The molecule has 2 fully saturated rings. The van der Waals surface area contributed by atoms with E-state index < -0.39 is 0 Å². The van der Waals surface area contributed by atoms with Gasteiger partial charge in [0.2, 0.25) is 11.8 Å². The van der Waals surface area contributed by atoms with Crippen LogP contribution in [0.1, 0.15) is 49.3 Å². The van der Waals surface area contributed by atoms with Gasteiger partial charge >= 0.3 is 0 Å².